The van der Waals surface area contributed by atoms with E-state index >= 15 is 0 Å². The minimum Gasteiger partial charge on any atom is -0.460 e. The monoisotopic (exact) mass is 430 g/mol. The molecule has 0 saturated heterocycles. The second-order valence-corrected chi connectivity index (χ2v) is 8.75. The second kappa shape index (κ2) is 8.49. The molecule has 25 heavy (non-hydrogen) atoms. The largest absolute Gasteiger partial charge is 0.460 e. The lowest BCUT2D eigenvalue weighted by molar-refractivity contribution is -0.156. The average molecular weight is 432 g/mol. The number of amides is 1. The van der Waals surface area contributed by atoms with Crippen LogP contribution in [0.4, 0.5) is 5.82 Å². The third-order valence-corrected chi connectivity index (χ3v) is 5.27. The minimum absolute atomic E-state index is 0.0596. The molecule has 1 N–H and O–H groups in total. The Morgan fingerprint density at radius 1 is 1.40 bits per heavy atom. The summed E-state index contributed by atoms with van der Waals surface area (Å²) >= 11 is 9.23. The highest BCUT2D eigenvalue weighted by atomic mass is 79.9. The molecule has 0 aliphatic heterocycles. The zero-order valence-corrected chi connectivity index (χ0v) is 17.1. The van der Waals surface area contributed by atoms with Gasteiger partial charge >= 0.3 is 5.97 Å². The molecule has 1 amide bonds. The Kier molecular flexibility index (Phi) is 6.86. The number of nitrogens with one attached hydrogen (secondary N) is 1. The van der Waals surface area contributed by atoms with Gasteiger partial charge in [0.25, 0.3) is 0 Å². The first-order valence-electron chi connectivity index (χ1n) is 8.48. The van der Waals surface area contributed by atoms with E-state index in [1.807, 2.05) is 20.8 Å². The van der Waals surface area contributed by atoms with Gasteiger partial charge in [-0.15, -0.1) is 0 Å². The predicted molar refractivity (Wildman–Crippen MR) is 101 cm³/mol. The Labute approximate surface area is 162 Å². The van der Waals surface area contributed by atoms with E-state index in [0.29, 0.717) is 28.2 Å². The Morgan fingerprint density at radius 2 is 2.12 bits per heavy atom. The number of carbonyl (C=O) groups excluding carboxylic acids is 2. The predicted octanol–water partition coefficient (Wildman–Crippen LogP) is 4.97. The van der Waals surface area contributed by atoms with Crippen molar-refractivity contribution in [2.45, 2.75) is 58.5 Å². The van der Waals surface area contributed by atoms with Crippen LogP contribution in [0.5, 0.6) is 0 Å². The molecule has 0 aromatic carbocycles. The van der Waals surface area contributed by atoms with Gasteiger partial charge in [0.2, 0.25) is 5.91 Å². The molecule has 7 heteroatoms. The van der Waals surface area contributed by atoms with E-state index in [2.05, 4.69) is 26.2 Å². The molecule has 1 aromatic heterocycles. The second-order valence-electron chi connectivity index (χ2n) is 7.49. The number of halogens is 2. The lowest BCUT2D eigenvalue weighted by Gasteiger charge is -2.29. The Hall–Kier alpha value is -1.14. The number of anilines is 1. The molecule has 2 atom stereocenters. The summed E-state index contributed by atoms with van der Waals surface area (Å²) in [5.41, 5.74) is -0.476. The molecule has 1 heterocycles. The average Bonchev–Trinajstić information content (AvgIpc) is 2.49. The summed E-state index contributed by atoms with van der Waals surface area (Å²) in [5, 5.41) is 3.33. The molecular formula is C18H24BrClN2O3. The van der Waals surface area contributed by atoms with E-state index in [9.17, 15) is 9.59 Å². The first-order valence-corrected chi connectivity index (χ1v) is 9.65. The van der Waals surface area contributed by atoms with Crippen molar-refractivity contribution >= 4 is 45.2 Å². The summed E-state index contributed by atoms with van der Waals surface area (Å²) in [5.74, 6) is 0.287. The molecule has 2 rings (SSSR count). The minimum atomic E-state index is -0.476. The van der Waals surface area contributed by atoms with Crippen molar-refractivity contribution in [1.29, 1.82) is 0 Å². The molecule has 1 saturated carbocycles. The van der Waals surface area contributed by atoms with Crippen LogP contribution in [-0.2, 0) is 14.3 Å². The summed E-state index contributed by atoms with van der Waals surface area (Å²) in [6.45, 7) is 5.58. The van der Waals surface area contributed by atoms with Gasteiger partial charge in [-0.1, -0.05) is 18.0 Å². The van der Waals surface area contributed by atoms with Crippen molar-refractivity contribution in [3.63, 3.8) is 0 Å². The SMILES string of the molecule is CC(C)(C)OC(=O)C[C@@H]1CCCC(C(=O)Nc2cc(Br)c(Cl)cn2)C1. The summed E-state index contributed by atoms with van der Waals surface area (Å²) in [6.07, 6.45) is 5.27. The van der Waals surface area contributed by atoms with Gasteiger partial charge in [-0.05, 0) is 67.9 Å². The molecule has 1 aromatic rings. The zero-order chi connectivity index (χ0) is 18.6. The van der Waals surface area contributed by atoms with E-state index in [1.165, 1.54) is 6.20 Å². The van der Waals surface area contributed by atoms with Crippen LogP contribution in [0.3, 0.4) is 0 Å². The van der Waals surface area contributed by atoms with Crippen LogP contribution in [0, 0.1) is 11.8 Å². The van der Waals surface area contributed by atoms with Crippen LogP contribution in [0.1, 0.15) is 52.9 Å². The Morgan fingerprint density at radius 3 is 2.76 bits per heavy atom. The van der Waals surface area contributed by atoms with Crippen LogP contribution < -0.4 is 5.32 Å². The maximum Gasteiger partial charge on any atom is 0.306 e. The number of rotatable bonds is 4. The number of esters is 1. The number of aromatic nitrogens is 1. The molecular weight excluding hydrogens is 408 g/mol. The number of pyridine rings is 1. The third-order valence-electron chi connectivity index (χ3n) is 4.09. The maximum atomic E-state index is 12.5. The molecule has 1 fully saturated rings. The summed E-state index contributed by atoms with van der Waals surface area (Å²) in [7, 11) is 0. The number of ether oxygens (including phenoxy) is 1. The standard InChI is InChI=1S/C18H24BrClN2O3/c1-18(2,3)25-16(23)8-11-5-4-6-12(7-11)17(24)22-15-9-13(19)14(20)10-21-15/h9-12H,4-8H2,1-3H3,(H,21,22,24)/t11-,12?/m1/s1. The fourth-order valence-corrected chi connectivity index (χ4v) is 3.47. The smallest absolute Gasteiger partial charge is 0.306 e. The van der Waals surface area contributed by atoms with Gasteiger partial charge in [-0.3, -0.25) is 9.59 Å². The van der Waals surface area contributed by atoms with Crippen LogP contribution in [0.15, 0.2) is 16.7 Å². The van der Waals surface area contributed by atoms with E-state index in [-0.39, 0.29) is 23.7 Å². The first-order chi connectivity index (χ1) is 11.6. The lowest BCUT2D eigenvalue weighted by atomic mass is 9.79. The number of hydrogen-bond donors (Lipinski definition) is 1. The van der Waals surface area contributed by atoms with Gasteiger partial charge in [0.05, 0.1) is 5.02 Å². The van der Waals surface area contributed by atoms with Gasteiger partial charge < -0.3 is 10.1 Å². The summed E-state index contributed by atoms with van der Waals surface area (Å²) < 4.78 is 6.08. The van der Waals surface area contributed by atoms with E-state index in [1.54, 1.807) is 6.07 Å². The first kappa shape index (κ1) is 20.2. The van der Waals surface area contributed by atoms with Crippen LogP contribution in [-0.4, -0.2) is 22.5 Å². The third kappa shape index (κ3) is 6.59. The van der Waals surface area contributed by atoms with E-state index in [0.717, 1.165) is 19.3 Å². The topological polar surface area (TPSA) is 68.3 Å². The normalized spacial score (nSPS) is 20.8. The highest BCUT2D eigenvalue weighted by Gasteiger charge is 2.30. The van der Waals surface area contributed by atoms with E-state index < -0.39 is 5.60 Å². The Bertz CT molecular complexity index is 646. The zero-order valence-electron chi connectivity index (χ0n) is 14.8. The van der Waals surface area contributed by atoms with Gasteiger partial charge in [-0.2, -0.15) is 0 Å². The van der Waals surface area contributed by atoms with Crippen molar-refractivity contribution in [3.8, 4) is 0 Å². The maximum absolute atomic E-state index is 12.5. The van der Waals surface area contributed by atoms with Crippen LogP contribution >= 0.6 is 27.5 Å². The molecule has 138 valence electrons. The molecule has 1 aliphatic carbocycles. The van der Waals surface area contributed by atoms with Gasteiger partial charge in [-0.25, -0.2) is 4.98 Å². The molecule has 1 unspecified atom stereocenters. The van der Waals surface area contributed by atoms with E-state index in [4.69, 9.17) is 16.3 Å². The van der Waals surface area contributed by atoms with Crippen molar-refractivity contribution in [1.82, 2.24) is 4.98 Å². The molecule has 0 radical (unpaired) electrons. The van der Waals surface area contributed by atoms with Gasteiger partial charge in [0, 0.05) is 23.0 Å². The number of nitrogens with zero attached hydrogens (tertiary/aromatic N) is 1. The van der Waals surface area contributed by atoms with Crippen molar-refractivity contribution < 1.29 is 14.3 Å². The summed E-state index contributed by atoms with van der Waals surface area (Å²) in [6, 6.07) is 1.68. The van der Waals surface area contributed by atoms with Crippen LogP contribution in [0.25, 0.3) is 0 Å². The molecule has 5 nitrogen and oxygen atoms in total. The van der Waals surface area contributed by atoms with Gasteiger partial charge in [0.15, 0.2) is 0 Å². The van der Waals surface area contributed by atoms with Crippen molar-refractivity contribution in [2.75, 3.05) is 5.32 Å². The quantitative estimate of drug-likeness (QED) is 0.683. The number of carbonyl (C=O) groups is 2. The molecule has 0 bridgehead atoms. The Balaban J connectivity index is 1.90. The van der Waals surface area contributed by atoms with Gasteiger partial charge in [0.1, 0.15) is 11.4 Å². The van der Waals surface area contributed by atoms with Crippen LogP contribution in [0.2, 0.25) is 5.02 Å². The van der Waals surface area contributed by atoms with Crippen molar-refractivity contribution in [2.24, 2.45) is 11.8 Å². The summed E-state index contributed by atoms with van der Waals surface area (Å²) in [4.78, 5) is 28.6. The molecule has 1 aliphatic rings. The highest BCUT2D eigenvalue weighted by molar-refractivity contribution is 9.10. The molecule has 0 spiro atoms. The lowest BCUT2D eigenvalue weighted by Crippen LogP contribution is -2.31. The van der Waals surface area contributed by atoms with Crippen molar-refractivity contribution in [3.05, 3.63) is 21.8 Å². The highest BCUT2D eigenvalue weighted by Crippen LogP contribution is 2.33. The fourth-order valence-electron chi connectivity index (χ4n) is 3.04. The fraction of sp³-hybridized carbons (Fsp3) is 0.611. The number of hydrogen-bond acceptors (Lipinski definition) is 4.